The van der Waals surface area contributed by atoms with Gasteiger partial charge in [-0.15, -0.1) is 0 Å². The van der Waals surface area contributed by atoms with E-state index in [1.54, 1.807) is 0 Å². The molecule has 1 aromatic carbocycles. The van der Waals surface area contributed by atoms with Gasteiger partial charge in [-0.05, 0) is 18.2 Å². The van der Waals surface area contributed by atoms with Gasteiger partial charge in [-0.3, -0.25) is 0 Å². The molecule has 0 unspecified atom stereocenters. The van der Waals surface area contributed by atoms with Crippen molar-refractivity contribution in [1.82, 2.24) is 9.97 Å². The van der Waals surface area contributed by atoms with Crippen molar-refractivity contribution in [1.29, 1.82) is 0 Å². The number of fused-ring (bicyclic) bond motifs is 1. The molecule has 0 bridgehead atoms. The maximum Gasteiger partial charge on any atom is 0.131 e. The largest absolute Gasteiger partial charge is 0.240 e. The quantitative estimate of drug-likeness (QED) is 0.715. The second-order valence-electron chi connectivity index (χ2n) is 3.59. The molecular weight excluding hydrogens is 196 g/mol. The van der Waals surface area contributed by atoms with Crippen LogP contribution >= 0.6 is 11.6 Å². The van der Waals surface area contributed by atoms with Gasteiger partial charge >= 0.3 is 0 Å². The summed E-state index contributed by atoms with van der Waals surface area (Å²) in [6, 6.07) is 5.65. The predicted molar refractivity (Wildman–Crippen MR) is 58.6 cm³/mol. The molecule has 0 atom stereocenters. The number of halogens is 1. The Bertz CT molecular complexity index is 466. The minimum Gasteiger partial charge on any atom is -0.240 e. The smallest absolute Gasteiger partial charge is 0.131 e. The molecule has 0 N–H and O–H groups in total. The molecule has 1 aromatic heterocycles. The zero-order valence-corrected chi connectivity index (χ0v) is 8.92. The van der Waals surface area contributed by atoms with Crippen molar-refractivity contribution in [2.45, 2.75) is 19.8 Å². The number of benzene rings is 1. The monoisotopic (exact) mass is 206 g/mol. The lowest BCUT2D eigenvalue weighted by Gasteiger charge is -2.04. The Morgan fingerprint density at radius 1 is 1.29 bits per heavy atom. The molecule has 1 heterocycles. The zero-order chi connectivity index (χ0) is 10.1. The Morgan fingerprint density at radius 2 is 2.07 bits per heavy atom. The van der Waals surface area contributed by atoms with E-state index in [0.29, 0.717) is 5.92 Å². The van der Waals surface area contributed by atoms with Crippen LogP contribution in [0.3, 0.4) is 0 Å². The third-order valence-electron chi connectivity index (χ3n) is 2.08. The molecule has 2 rings (SSSR count). The van der Waals surface area contributed by atoms with Crippen LogP contribution in [0.5, 0.6) is 0 Å². The number of nitrogens with zero attached hydrogens (tertiary/aromatic N) is 2. The molecule has 0 fully saturated rings. The van der Waals surface area contributed by atoms with Crippen LogP contribution in [0.1, 0.15) is 25.6 Å². The minimum absolute atomic E-state index is 0.357. The van der Waals surface area contributed by atoms with E-state index in [2.05, 4.69) is 23.8 Å². The average Bonchev–Trinajstić information content (AvgIpc) is 2.16. The van der Waals surface area contributed by atoms with Gasteiger partial charge in [0, 0.05) is 22.5 Å². The zero-order valence-electron chi connectivity index (χ0n) is 8.16. The number of rotatable bonds is 1. The van der Waals surface area contributed by atoms with Crippen LogP contribution in [0.2, 0.25) is 5.02 Å². The van der Waals surface area contributed by atoms with Gasteiger partial charge in [0.05, 0.1) is 5.52 Å². The molecule has 0 amide bonds. The average molecular weight is 207 g/mol. The van der Waals surface area contributed by atoms with Crippen LogP contribution in [0.25, 0.3) is 10.9 Å². The lowest BCUT2D eigenvalue weighted by atomic mass is 10.2. The molecule has 0 aliphatic heterocycles. The first-order chi connectivity index (χ1) is 6.66. The van der Waals surface area contributed by atoms with E-state index in [4.69, 9.17) is 11.6 Å². The fourth-order valence-corrected chi connectivity index (χ4v) is 1.48. The van der Waals surface area contributed by atoms with Gasteiger partial charge in [0.25, 0.3) is 0 Å². The summed E-state index contributed by atoms with van der Waals surface area (Å²) in [6.45, 7) is 4.16. The summed E-state index contributed by atoms with van der Waals surface area (Å²) in [4.78, 5) is 8.72. The van der Waals surface area contributed by atoms with E-state index < -0.39 is 0 Å². The summed E-state index contributed by atoms with van der Waals surface area (Å²) in [5, 5.41) is 1.71. The second-order valence-corrected chi connectivity index (χ2v) is 4.02. The maximum absolute atomic E-state index is 5.87. The first-order valence-corrected chi connectivity index (χ1v) is 4.97. The molecule has 2 aromatic rings. The molecule has 0 saturated heterocycles. The number of aromatic nitrogens is 2. The van der Waals surface area contributed by atoms with Gasteiger partial charge in [-0.1, -0.05) is 25.4 Å². The van der Waals surface area contributed by atoms with E-state index in [1.807, 2.05) is 24.4 Å². The summed E-state index contributed by atoms with van der Waals surface area (Å²) in [7, 11) is 0. The third-order valence-corrected chi connectivity index (χ3v) is 2.31. The van der Waals surface area contributed by atoms with Crippen LogP contribution in [-0.4, -0.2) is 9.97 Å². The molecule has 0 aliphatic rings. The molecule has 0 saturated carbocycles. The van der Waals surface area contributed by atoms with Crippen LogP contribution < -0.4 is 0 Å². The molecule has 3 heteroatoms. The van der Waals surface area contributed by atoms with Crippen molar-refractivity contribution < 1.29 is 0 Å². The van der Waals surface area contributed by atoms with Gasteiger partial charge in [0.2, 0.25) is 0 Å². The van der Waals surface area contributed by atoms with Crippen LogP contribution in [0, 0.1) is 0 Å². The summed E-state index contributed by atoms with van der Waals surface area (Å²) < 4.78 is 0. The minimum atomic E-state index is 0.357. The predicted octanol–water partition coefficient (Wildman–Crippen LogP) is 3.41. The van der Waals surface area contributed by atoms with Crippen LogP contribution in [0.15, 0.2) is 24.4 Å². The van der Waals surface area contributed by atoms with Gasteiger partial charge in [-0.2, -0.15) is 0 Å². The summed E-state index contributed by atoms with van der Waals surface area (Å²) in [5.41, 5.74) is 0.952. The summed E-state index contributed by atoms with van der Waals surface area (Å²) >= 11 is 5.87. The Kier molecular flexibility index (Phi) is 2.38. The maximum atomic E-state index is 5.87. The van der Waals surface area contributed by atoms with Gasteiger partial charge in [-0.25, -0.2) is 9.97 Å². The van der Waals surface area contributed by atoms with Crippen molar-refractivity contribution in [2.75, 3.05) is 0 Å². The molecule has 14 heavy (non-hydrogen) atoms. The lowest BCUT2D eigenvalue weighted by Crippen LogP contribution is -1.96. The summed E-state index contributed by atoms with van der Waals surface area (Å²) in [5.74, 6) is 1.23. The Morgan fingerprint density at radius 3 is 2.79 bits per heavy atom. The Hall–Kier alpha value is -1.15. The molecule has 0 spiro atoms. The lowest BCUT2D eigenvalue weighted by molar-refractivity contribution is 0.783. The Labute approximate surface area is 88.0 Å². The van der Waals surface area contributed by atoms with Gasteiger partial charge < -0.3 is 0 Å². The standard InChI is InChI=1S/C11H11ClN2/c1-7(2)11-13-6-8-5-9(12)3-4-10(8)14-11/h3-7H,1-2H3. The normalized spacial score (nSPS) is 11.1. The molecule has 72 valence electrons. The fourth-order valence-electron chi connectivity index (χ4n) is 1.30. The van der Waals surface area contributed by atoms with Gasteiger partial charge in [0.15, 0.2) is 0 Å². The van der Waals surface area contributed by atoms with E-state index in [9.17, 15) is 0 Å². The van der Waals surface area contributed by atoms with Crippen molar-refractivity contribution in [3.8, 4) is 0 Å². The van der Waals surface area contributed by atoms with Crippen LogP contribution in [-0.2, 0) is 0 Å². The van der Waals surface area contributed by atoms with Crippen molar-refractivity contribution in [2.24, 2.45) is 0 Å². The van der Waals surface area contributed by atoms with E-state index in [-0.39, 0.29) is 0 Å². The SMILES string of the molecule is CC(C)c1ncc2cc(Cl)ccc2n1. The Balaban J connectivity index is 2.62. The molecule has 0 radical (unpaired) electrons. The fraction of sp³-hybridized carbons (Fsp3) is 0.273. The first-order valence-electron chi connectivity index (χ1n) is 4.59. The van der Waals surface area contributed by atoms with E-state index >= 15 is 0 Å². The molecule has 0 aliphatic carbocycles. The molecule has 2 nitrogen and oxygen atoms in total. The first kappa shape index (κ1) is 9.41. The highest BCUT2D eigenvalue weighted by molar-refractivity contribution is 6.31. The van der Waals surface area contributed by atoms with Crippen molar-refractivity contribution >= 4 is 22.5 Å². The van der Waals surface area contributed by atoms with Crippen molar-refractivity contribution in [3.63, 3.8) is 0 Å². The van der Waals surface area contributed by atoms with E-state index in [0.717, 1.165) is 21.7 Å². The highest BCUT2D eigenvalue weighted by Crippen LogP contribution is 2.18. The van der Waals surface area contributed by atoms with Gasteiger partial charge in [0.1, 0.15) is 5.82 Å². The number of hydrogen-bond donors (Lipinski definition) is 0. The summed E-state index contributed by atoms with van der Waals surface area (Å²) in [6.07, 6.45) is 1.82. The third kappa shape index (κ3) is 1.70. The molecular formula is C11H11ClN2. The highest BCUT2D eigenvalue weighted by atomic mass is 35.5. The van der Waals surface area contributed by atoms with Crippen LogP contribution in [0.4, 0.5) is 0 Å². The highest BCUT2D eigenvalue weighted by Gasteiger charge is 2.03. The van der Waals surface area contributed by atoms with Crippen molar-refractivity contribution in [3.05, 3.63) is 35.2 Å². The second kappa shape index (κ2) is 3.54. The van der Waals surface area contributed by atoms with E-state index in [1.165, 1.54) is 0 Å². The topological polar surface area (TPSA) is 25.8 Å². The number of hydrogen-bond acceptors (Lipinski definition) is 2.